The molecule has 3 nitrogen and oxygen atoms in total. The van der Waals surface area contributed by atoms with Crippen LogP contribution in [0.25, 0.3) is 0 Å². The van der Waals surface area contributed by atoms with Gasteiger partial charge < -0.3 is 0 Å². The van der Waals surface area contributed by atoms with Gasteiger partial charge in [0.15, 0.2) is 0 Å². The van der Waals surface area contributed by atoms with Gasteiger partial charge in [-0.05, 0) is 19.6 Å². The van der Waals surface area contributed by atoms with Crippen molar-refractivity contribution in [3.63, 3.8) is 0 Å². The summed E-state index contributed by atoms with van der Waals surface area (Å²) >= 11 is 0. The minimum atomic E-state index is -1.85. The summed E-state index contributed by atoms with van der Waals surface area (Å²) in [6, 6.07) is 0. The summed E-state index contributed by atoms with van der Waals surface area (Å²) in [7, 11) is -2.13. The first kappa shape index (κ1) is 12.9. The Morgan fingerprint density at radius 2 is 1.70 bits per heavy atom. The summed E-state index contributed by atoms with van der Waals surface area (Å²) in [5.74, 6) is 0. The van der Waals surface area contributed by atoms with E-state index in [0.717, 1.165) is 0 Å². The van der Waals surface area contributed by atoms with E-state index in [2.05, 4.69) is 4.52 Å². The first-order valence-electron chi connectivity index (χ1n) is 2.66. The third kappa shape index (κ3) is 8.24. The normalized spacial score (nSPS) is 12.2. The van der Waals surface area contributed by atoms with Gasteiger partial charge in [-0.1, -0.05) is 7.43 Å². The van der Waals surface area contributed by atoms with Crippen molar-refractivity contribution >= 4 is 16.6 Å². The maximum absolute atomic E-state index is 10.6. The molecule has 0 radical (unpaired) electrons. The van der Waals surface area contributed by atoms with E-state index in [-0.39, 0.29) is 7.43 Å². The van der Waals surface area contributed by atoms with Gasteiger partial charge in [0.1, 0.15) is 0 Å². The second kappa shape index (κ2) is 4.96. The highest BCUT2D eigenvalue weighted by atomic mass is 31.1. The Kier molecular flexibility index (Phi) is 6.39. The lowest BCUT2D eigenvalue weighted by atomic mass is 11.8. The van der Waals surface area contributed by atoms with Gasteiger partial charge in [0.05, 0.1) is 7.11 Å². The van der Waals surface area contributed by atoms with E-state index in [0.29, 0.717) is 0 Å². The maximum atomic E-state index is 10.6. The zero-order valence-electron chi connectivity index (χ0n) is 6.17. The predicted octanol–water partition coefficient (Wildman–Crippen LogP) is 2.78. The highest BCUT2D eigenvalue weighted by molar-refractivity contribution is 7.35. The Labute approximate surface area is 64.8 Å². The van der Waals surface area contributed by atoms with Crippen LogP contribution < -0.4 is 0 Å². The van der Waals surface area contributed by atoms with E-state index in [1.807, 2.05) is 19.6 Å². The van der Waals surface area contributed by atoms with E-state index in [1.54, 1.807) is 0 Å². The average Bonchev–Trinajstić information content (AvgIpc) is 1.62. The lowest BCUT2D eigenvalue weighted by molar-refractivity contribution is 0.347. The molecule has 1 unspecified atom stereocenters. The summed E-state index contributed by atoms with van der Waals surface area (Å²) in [4.78, 5) is 0. The average molecular weight is 183 g/mol. The second-order valence-corrected chi connectivity index (χ2v) is 8.38. The minimum absolute atomic E-state index is 0. The molecule has 10 heavy (non-hydrogen) atoms. The molecule has 0 bridgehead atoms. The van der Waals surface area contributed by atoms with Crippen molar-refractivity contribution in [3.8, 4) is 0 Å². The van der Waals surface area contributed by atoms with Crippen LogP contribution in [-0.4, -0.2) is 15.4 Å². The molecule has 5 heteroatoms. The van der Waals surface area contributed by atoms with Crippen molar-refractivity contribution in [2.75, 3.05) is 7.11 Å². The van der Waals surface area contributed by atoms with Gasteiger partial charge in [-0.2, -0.15) is 4.21 Å². The number of hydrogen-bond donors (Lipinski definition) is 0. The summed E-state index contributed by atoms with van der Waals surface area (Å²) in [5.41, 5.74) is 0. The zero-order valence-corrected chi connectivity index (χ0v) is 8.07. The number of hydrogen-bond acceptors (Lipinski definition) is 3. The molecule has 0 aliphatic heterocycles. The SMILES string of the molecule is C.CO[P+](=O)O[Si](C)(C)C. The van der Waals surface area contributed by atoms with Crippen LogP contribution in [-0.2, 0) is 13.3 Å². The zero-order chi connectivity index (χ0) is 7.49. The standard InChI is InChI=1S/C4H12O3PSi.CH4/c1-6-8(5)7-9(2,3)4;/h1-4H3;1H4/q+1;. The van der Waals surface area contributed by atoms with E-state index in [1.165, 1.54) is 7.11 Å². The maximum Gasteiger partial charge on any atom is 0.685 e. The lowest BCUT2D eigenvalue weighted by Crippen LogP contribution is -2.21. The summed E-state index contributed by atoms with van der Waals surface area (Å²) in [6.07, 6.45) is 0. The Hall–Kier alpha value is 0.237. The van der Waals surface area contributed by atoms with Gasteiger partial charge in [0.25, 0.3) is 8.32 Å². The fourth-order valence-corrected chi connectivity index (χ4v) is 2.35. The molecule has 1 atom stereocenters. The Balaban J connectivity index is 0. The van der Waals surface area contributed by atoms with E-state index >= 15 is 0 Å². The molecule has 0 N–H and O–H groups in total. The second-order valence-electron chi connectivity index (χ2n) is 2.61. The van der Waals surface area contributed by atoms with E-state index in [4.69, 9.17) is 4.21 Å². The summed E-state index contributed by atoms with van der Waals surface area (Å²) < 4.78 is 20.0. The molecule has 0 saturated carbocycles. The Bertz CT molecular complexity index is 110. The van der Waals surface area contributed by atoms with E-state index < -0.39 is 16.6 Å². The molecular weight excluding hydrogens is 167 g/mol. The van der Waals surface area contributed by atoms with Crippen LogP contribution in [0.2, 0.25) is 19.6 Å². The van der Waals surface area contributed by atoms with Gasteiger partial charge >= 0.3 is 8.25 Å². The molecule has 62 valence electrons. The third-order valence-corrected chi connectivity index (χ3v) is 3.58. The third-order valence-electron chi connectivity index (χ3n) is 0.497. The van der Waals surface area contributed by atoms with Crippen molar-refractivity contribution in [1.82, 2.24) is 0 Å². The first-order chi connectivity index (χ1) is 3.95. The molecule has 0 amide bonds. The van der Waals surface area contributed by atoms with Gasteiger partial charge in [0, 0.05) is 4.57 Å². The van der Waals surface area contributed by atoms with Crippen molar-refractivity contribution in [3.05, 3.63) is 0 Å². The topological polar surface area (TPSA) is 35.5 Å². The van der Waals surface area contributed by atoms with Gasteiger partial charge in [-0.15, -0.1) is 4.52 Å². The van der Waals surface area contributed by atoms with Crippen molar-refractivity contribution < 1.29 is 13.3 Å². The van der Waals surface area contributed by atoms with Crippen LogP contribution in [0.1, 0.15) is 7.43 Å². The van der Waals surface area contributed by atoms with Crippen LogP contribution in [0.3, 0.4) is 0 Å². The van der Waals surface area contributed by atoms with Gasteiger partial charge in [-0.3, -0.25) is 0 Å². The summed E-state index contributed by atoms with van der Waals surface area (Å²) in [6.45, 7) is 5.87. The molecule has 0 aliphatic rings. The molecule has 0 spiro atoms. The molecule has 0 heterocycles. The molecule has 0 saturated heterocycles. The number of rotatable bonds is 3. The highest BCUT2D eigenvalue weighted by Crippen LogP contribution is 2.27. The quantitative estimate of drug-likeness (QED) is 0.498. The molecule has 0 rings (SSSR count). The van der Waals surface area contributed by atoms with Crippen LogP contribution >= 0.6 is 8.25 Å². The fourth-order valence-electron chi connectivity index (χ4n) is 0.261. The largest absolute Gasteiger partial charge is 0.685 e. The van der Waals surface area contributed by atoms with Crippen LogP contribution in [0.5, 0.6) is 0 Å². The van der Waals surface area contributed by atoms with Crippen molar-refractivity contribution in [2.24, 2.45) is 0 Å². The smallest absolute Gasteiger partial charge is 0.176 e. The van der Waals surface area contributed by atoms with Crippen LogP contribution in [0.15, 0.2) is 0 Å². The first-order valence-corrected chi connectivity index (χ1v) is 7.16. The van der Waals surface area contributed by atoms with Crippen molar-refractivity contribution in [1.29, 1.82) is 0 Å². The van der Waals surface area contributed by atoms with Crippen molar-refractivity contribution in [2.45, 2.75) is 27.1 Å². The van der Waals surface area contributed by atoms with Gasteiger partial charge in [0.2, 0.25) is 0 Å². The monoisotopic (exact) mass is 183 g/mol. The van der Waals surface area contributed by atoms with E-state index in [9.17, 15) is 4.57 Å². The Morgan fingerprint density at radius 3 is 1.80 bits per heavy atom. The molecule has 0 aliphatic carbocycles. The molecule has 0 aromatic rings. The molecule has 0 aromatic carbocycles. The highest BCUT2D eigenvalue weighted by Gasteiger charge is 2.30. The fraction of sp³-hybridized carbons (Fsp3) is 1.00. The van der Waals surface area contributed by atoms with Crippen LogP contribution in [0, 0.1) is 0 Å². The van der Waals surface area contributed by atoms with Crippen LogP contribution in [0.4, 0.5) is 0 Å². The summed E-state index contributed by atoms with van der Waals surface area (Å²) in [5, 5.41) is 0. The molecule has 0 aromatic heterocycles. The molecular formula is C5H16O3PSi+. The Morgan fingerprint density at radius 1 is 1.30 bits per heavy atom. The minimum Gasteiger partial charge on any atom is -0.176 e. The lowest BCUT2D eigenvalue weighted by Gasteiger charge is -2.03. The van der Waals surface area contributed by atoms with Gasteiger partial charge in [-0.25, -0.2) is 0 Å². The predicted molar refractivity (Wildman–Crippen MR) is 45.8 cm³/mol. The molecule has 0 fully saturated rings.